The summed E-state index contributed by atoms with van der Waals surface area (Å²) in [6, 6.07) is -0.132. The van der Waals surface area contributed by atoms with Crippen LogP contribution in [-0.2, 0) is 0 Å². The van der Waals surface area contributed by atoms with Crippen molar-refractivity contribution in [1.82, 2.24) is 15.0 Å². The van der Waals surface area contributed by atoms with E-state index in [1.54, 1.807) is 24.1 Å². The lowest BCUT2D eigenvalue weighted by Gasteiger charge is -2.34. The van der Waals surface area contributed by atoms with Gasteiger partial charge in [0.2, 0.25) is 0 Å². The van der Waals surface area contributed by atoms with Crippen molar-refractivity contribution in [3.8, 4) is 0 Å². The third-order valence-electron chi connectivity index (χ3n) is 2.30. The molecule has 0 radical (unpaired) electrons. The van der Waals surface area contributed by atoms with E-state index in [2.05, 4.69) is 10.1 Å². The summed E-state index contributed by atoms with van der Waals surface area (Å²) >= 11 is 0. The molecule has 0 bridgehead atoms. The molecule has 0 unspecified atom stereocenters. The van der Waals surface area contributed by atoms with Crippen molar-refractivity contribution in [3.63, 3.8) is 0 Å². The minimum Gasteiger partial charge on any atom is -0.291 e. The first-order valence-corrected chi connectivity index (χ1v) is 4.71. The van der Waals surface area contributed by atoms with E-state index in [9.17, 15) is 4.79 Å². The van der Waals surface area contributed by atoms with Crippen molar-refractivity contribution in [2.75, 3.05) is 34.7 Å². The lowest BCUT2D eigenvalue weighted by Crippen LogP contribution is -2.53. The second-order valence-corrected chi connectivity index (χ2v) is 3.57. The zero-order valence-corrected chi connectivity index (χ0v) is 9.85. The molecule has 15 heavy (non-hydrogen) atoms. The molecule has 1 heterocycles. The number of hydrazine groups is 1. The Hall–Kier alpha value is -1.43. The first kappa shape index (κ1) is 11.6. The average molecular weight is 211 g/mol. The van der Waals surface area contributed by atoms with Crippen LogP contribution in [0.2, 0.25) is 0 Å². The molecule has 1 aliphatic rings. The Morgan fingerprint density at radius 2 is 2.13 bits per heavy atom. The van der Waals surface area contributed by atoms with Gasteiger partial charge < -0.3 is 0 Å². The number of aliphatic imine (C=N–C) groups is 1. The lowest BCUT2D eigenvalue weighted by atomic mass is 10.2. The molecular formula is C9H17N5O. The van der Waals surface area contributed by atoms with Gasteiger partial charge in [-0.2, -0.15) is 5.10 Å². The topological polar surface area (TPSA) is 51.5 Å². The van der Waals surface area contributed by atoms with Crippen LogP contribution in [-0.4, -0.2) is 67.2 Å². The van der Waals surface area contributed by atoms with E-state index in [4.69, 9.17) is 0 Å². The van der Waals surface area contributed by atoms with E-state index in [0.717, 1.165) is 11.4 Å². The summed E-state index contributed by atoms with van der Waals surface area (Å²) in [4.78, 5) is 15.8. The molecule has 0 aliphatic carbocycles. The molecule has 0 aromatic heterocycles. The Morgan fingerprint density at radius 1 is 1.53 bits per heavy atom. The number of urea groups is 1. The van der Waals surface area contributed by atoms with Crippen LogP contribution in [0.5, 0.6) is 0 Å². The highest BCUT2D eigenvalue weighted by Gasteiger charge is 2.27. The largest absolute Gasteiger partial charge is 0.355 e. The highest BCUT2D eigenvalue weighted by molar-refractivity contribution is 6.42. The van der Waals surface area contributed by atoms with Crippen LogP contribution in [0.1, 0.15) is 6.92 Å². The smallest absolute Gasteiger partial charge is 0.291 e. The van der Waals surface area contributed by atoms with Gasteiger partial charge in [0.15, 0.2) is 0 Å². The van der Waals surface area contributed by atoms with Gasteiger partial charge in [-0.1, -0.05) is 0 Å². The van der Waals surface area contributed by atoms with Crippen LogP contribution in [0.15, 0.2) is 10.1 Å². The molecule has 2 amide bonds. The number of rotatable bonds is 2. The minimum absolute atomic E-state index is 0.132. The van der Waals surface area contributed by atoms with E-state index in [1.165, 1.54) is 5.01 Å². The van der Waals surface area contributed by atoms with Gasteiger partial charge >= 0.3 is 6.03 Å². The van der Waals surface area contributed by atoms with Crippen LogP contribution < -0.4 is 0 Å². The minimum atomic E-state index is -0.132. The summed E-state index contributed by atoms with van der Waals surface area (Å²) in [5.74, 6) is 0. The second-order valence-electron chi connectivity index (χ2n) is 3.57. The van der Waals surface area contributed by atoms with E-state index in [0.29, 0.717) is 6.54 Å². The molecular weight excluding hydrogens is 194 g/mol. The molecule has 1 rings (SSSR count). The van der Waals surface area contributed by atoms with E-state index < -0.39 is 0 Å². The van der Waals surface area contributed by atoms with Crippen LogP contribution >= 0.6 is 0 Å². The van der Waals surface area contributed by atoms with E-state index in [1.807, 2.05) is 21.0 Å². The Morgan fingerprint density at radius 3 is 2.60 bits per heavy atom. The molecule has 1 aliphatic heterocycles. The van der Waals surface area contributed by atoms with E-state index >= 15 is 0 Å². The van der Waals surface area contributed by atoms with Crippen LogP contribution in [0.3, 0.4) is 0 Å². The predicted octanol–water partition coefficient (Wildman–Crippen LogP) is 0.277. The summed E-state index contributed by atoms with van der Waals surface area (Å²) in [5, 5.41) is 8.85. The number of nitrogens with zero attached hydrogens (tertiary/aromatic N) is 5. The van der Waals surface area contributed by atoms with Gasteiger partial charge in [-0.05, 0) is 6.92 Å². The average Bonchev–Trinajstić information content (AvgIpc) is 2.20. The molecule has 0 fully saturated rings. The number of carbonyl (C=O) groups excluding carboxylic acids is 1. The van der Waals surface area contributed by atoms with Crippen LogP contribution in [0.25, 0.3) is 0 Å². The molecule has 0 spiro atoms. The van der Waals surface area contributed by atoms with Gasteiger partial charge in [0.05, 0.1) is 12.3 Å². The monoisotopic (exact) mass is 211 g/mol. The molecule has 0 saturated carbocycles. The molecule has 6 heteroatoms. The van der Waals surface area contributed by atoms with Gasteiger partial charge in [0.1, 0.15) is 5.71 Å². The Labute approximate surface area is 89.8 Å². The van der Waals surface area contributed by atoms with Crippen molar-refractivity contribution in [3.05, 3.63) is 0 Å². The lowest BCUT2D eigenvalue weighted by molar-refractivity contribution is 0.0519. The third kappa shape index (κ3) is 2.33. The van der Waals surface area contributed by atoms with E-state index in [-0.39, 0.29) is 6.03 Å². The molecule has 0 N–H and O–H groups in total. The van der Waals surface area contributed by atoms with Crippen molar-refractivity contribution in [2.45, 2.75) is 6.92 Å². The third-order valence-corrected chi connectivity index (χ3v) is 2.30. The quantitative estimate of drug-likeness (QED) is 0.616. The Balaban J connectivity index is 2.96. The van der Waals surface area contributed by atoms with Gasteiger partial charge in [-0.25, -0.2) is 19.8 Å². The molecule has 0 saturated heterocycles. The molecule has 0 aromatic rings. The SMILES string of the molecule is CN=C(C)C1=NN(C)C(=O)N(N(C)C)C1. The summed E-state index contributed by atoms with van der Waals surface area (Å²) in [6.07, 6.45) is 0. The van der Waals surface area contributed by atoms with Gasteiger partial charge in [-0.15, -0.1) is 0 Å². The van der Waals surface area contributed by atoms with Gasteiger partial charge in [0, 0.05) is 28.2 Å². The first-order chi connectivity index (χ1) is 6.97. The first-order valence-electron chi connectivity index (χ1n) is 4.71. The van der Waals surface area contributed by atoms with Crippen molar-refractivity contribution >= 4 is 17.5 Å². The molecule has 0 aromatic carbocycles. The Bertz CT molecular complexity index is 320. The number of amides is 2. The number of hydrogen-bond donors (Lipinski definition) is 0. The number of carbonyl (C=O) groups is 1. The molecule has 84 valence electrons. The fourth-order valence-electron chi connectivity index (χ4n) is 1.26. The fourth-order valence-corrected chi connectivity index (χ4v) is 1.26. The van der Waals surface area contributed by atoms with Crippen molar-refractivity contribution < 1.29 is 4.79 Å². The molecule has 6 nitrogen and oxygen atoms in total. The standard InChI is InChI=1S/C9H17N5O/c1-7(10-2)8-6-14(12(3)4)9(15)13(5)11-8/h6H2,1-5H3. The summed E-state index contributed by atoms with van der Waals surface area (Å²) in [6.45, 7) is 2.36. The highest BCUT2D eigenvalue weighted by Crippen LogP contribution is 2.07. The highest BCUT2D eigenvalue weighted by atomic mass is 16.2. The molecule has 0 atom stereocenters. The normalized spacial score (nSPS) is 18.7. The van der Waals surface area contributed by atoms with Crippen molar-refractivity contribution in [2.24, 2.45) is 10.1 Å². The maximum Gasteiger partial charge on any atom is 0.355 e. The fraction of sp³-hybridized carbons (Fsp3) is 0.667. The number of hydrogen-bond acceptors (Lipinski definition) is 4. The zero-order chi connectivity index (χ0) is 11.6. The predicted molar refractivity (Wildman–Crippen MR) is 60.0 cm³/mol. The summed E-state index contributed by atoms with van der Waals surface area (Å²) in [7, 11) is 7.01. The summed E-state index contributed by atoms with van der Waals surface area (Å²) < 4.78 is 0. The van der Waals surface area contributed by atoms with Gasteiger partial charge in [-0.3, -0.25) is 4.99 Å². The van der Waals surface area contributed by atoms with Crippen LogP contribution in [0.4, 0.5) is 4.79 Å². The Kier molecular flexibility index (Phi) is 3.41. The second kappa shape index (κ2) is 4.39. The van der Waals surface area contributed by atoms with Gasteiger partial charge in [0.25, 0.3) is 0 Å². The maximum absolute atomic E-state index is 11.7. The maximum atomic E-state index is 11.7. The van der Waals surface area contributed by atoms with Crippen molar-refractivity contribution in [1.29, 1.82) is 0 Å². The van der Waals surface area contributed by atoms with Crippen LogP contribution in [0, 0.1) is 0 Å². The number of hydrazone groups is 1. The zero-order valence-electron chi connectivity index (χ0n) is 9.85. The summed E-state index contributed by atoms with van der Waals surface area (Å²) in [5.41, 5.74) is 1.66.